The van der Waals surface area contributed by atoms with Crippen LogP contribution in [0.2, 0.25) is 0 Å². The van der Waals surface area contributed by atoms with E-state index < -0.39 is 0 Å². The lowest BCUT2D eigenvalue weighted by atomic mass is 9.85. The summed E-state index contributed by atoms with van der Waals surface area (Å²) in [5.41, 5.74) is 3.38. The van der Waals surface area contributed by atoms with E-state index in [1.165, 1.54) is 6.33 Å². The maximum Gasteiger partial charge on any atom is 0.226 e. The molecule has 1 N–H and O–H groups in total. The second kappa shape index (κ2) is 8.53. The number of fused-ring (bicyclic) bond motifs is 2. The first-order valence-corrected chi connectivity index (χ1v) is 11.0. The third kappa shape index (κ3) is 3.77. The minimum Gasteiger partial charge on any atom is -0.493 e. The second-order valence-electron chi connectivity index (χ2n) is 8.00. The van der Waals surface area contributed by atoms with Gasteiger partial charge >= 0.3 is 0 Å². The van der Waals surface area contributed by atoms with Gasteiger partial charge in [0, 0.05) is 17.9 Å². The first kappa shape index (κ1) is 20.9. The molecule has 5 rings (SSSR count). The molecule has 1 unspecified atom stereocenters. The Morgan fingerprint density at radius 3 is 2.88 bits per heavy atom. The minimum atomic E-state index is -0.167. The molecule has 0 bridgehead atoms. The van der Waals surface area contributed by atoms with Crippen molar-refractivity contribution < 1.29 is 14.3 Å². The highest BCUT2D eigenvalue weighted by Gasteiger charge is 2.33. The summed E-state index contributed by atoms with van der Waals surface area (Å²) in [5, 5.41) is 20.1. The number of carbonyl (C=O) groups is 1. The molecule has 10 nitrogen and oxygen atoms in total. The monoisotopic (exact) mass is 447 g/mol. The fraction of sp³-hybridized carbons (Fsp3) is 0.348. The van der Waals surface area contributed by atoms with E-state index in [9.17, 15) is 4.79 Å². The van der Waals surface area contributed by atoms with Gasteiger partial charge in [-0.15, -0.1) is 15.3 Å². The minimum absolute atomic E-state index is 0.0822. The summed E-state index contributed by atoms with van der Waals surface area (Å²) < 4.78 is 14.7. The normalized spacial score (nSPS) is 15.4. The van der Waals surface area contributed by atoms with Crippen LogP contribution >= 0.6 is 0 Å². The van der Waals surface area contributed by atoms with E-state index in [2.05, 4.69) is 27.5 Å². The van der Waals surface area contributed by atoms with Crippen LogP contribution in [-0.2, 0) is 4.79 Å². The van der Waals surface area contributed by atoms with E-state index in [4.69, 9.17) is 14.6 Å². The van der Waals surface area contributed by atoms with Crippen LogP contribution in [-0.4, -0.2) is 49.2 Å². The molecule has 4 heterocycles. The third-order valence-corrected chi connectivity index (χ3v) is 5.81. The Labute approximate surface area is 190 Å². The standard InChI is InChI=1S/C23H25N7O3/c1-4-5-10-33-17-7-6-15(11-18(17)32-3)16-12-21(31)25-23-22(16)14(2)27-30(23)20-9-8-19-26-24-13-29(19)28-20/h6-9,11,13,16H,4-5,10,12H2,1-3H3,(H,25,31). The summed E-state index contributed by atoms with van der Waals surface area (Å²) in [4.78, 5) is 12.7. The van der Waals surface area contributed by atoms with E-state index in [0.717, 1.165) is 29.7 Å². The molecule has 1 atom stereocenters. The van der Waals surface area contributed by atoms with Crippen molar-refractivity contribution in [3.05, 3.63) is 53.5 Å². The first-order valence-electron chi connectivity index (χ1n) is 11.0. The zero-order valence-corrected chi connectivity index (χ0v) is 18.8. The van der Waals surface area contributed by atoms with Gasteiger partial charge in [-0.05, 0) is 43.2 Å². The molecule has 0 saturated carbocycles. The predicted molar refractivity (Wildman–Crippen MR) is 121 cm³/mol. The largest absolute Gasteiger partial charge is 0.493 e. The molecule has 0 radical (unpaired) electrons. The Bertz CT molecular complexity index is 1330. The van der Waals surface area contributed by atoms with Crippen LogP contribution in [0.1, 0.15) is 48.9 Å². The molecule has 4 aromatic rings. The summed E-state index contributed by atoms with van der Waals surface area (Å²) in [5.74, 6) is 2.29. The number of nitrogens with one attached hydrogen (secondary N) is 1. The topological polar surface area (TPSA) is 108 Å². The number of unbranched alkanes of at least 4 members (excludes halogenated alkanes) is 1. The highest BCUT2D eigenvalue weighted by molar-refractivity contribution is 5.95. The molecule has 1 aromatic carbocycles. The van der Waals surface area contributed by atoms with Gasteiger partial charge in [-0.25, -0.2) is 0 Å². The zero-order valence-electron chi connectivity index (χ0n) is 18.8. The van der Waals surface area contributed by atoms with Crippen molar-refractivity contribution in [1.82, 2.24) is 29.6 Å². The van der Waals surface area contributed by atoms with Crippen LogP contribution in [0.4, 0.5) is 5.82 Å². The summed E-state index contributed by atoms with van der Waals surface area (Å²) in [6.45, 7) is 4.70. The number of benzene rings is 1. The first-order chi connectivity index (χ1) is 16.1. The molecule has 10 heteroatoms. The van der Waals surface area contributed by atoms with Crippen molar-refractivity contribution in [1.29, 1.82) is 0 Å². The van der Waals surface area contributed by atoms with Gasteiger partial charge in [-0.1, -0.05) is 19.4 Å². The van der Waals surface area contributed by atoms with E-state index >= 15 is 0 Å². The van der Waals surface area contributed by atoms with Crippen molar-refractivity contribution >= 4 is 17.4 Å². The van der Waals surface area contributed by atoms with Gasteiger partial charge in [-0.3, -0.25) is 4.79 Å². The fourth-order valence-corrected chi connectivity index (χ4v) is 4.18. The predicted octanol–water partition coefficient (Wildman–Crippen LogP) is 3.28. The molecule has 33 heavy (non-hydrogen) atoms. The van der Waals surface area contributed by atoms with Crippen molar-refractivity contribution in [2.75, 3.05) is 19.0 Å². The summed E-state index contributed by atoms with van der Waals surface area (Å²) in [6.07, 6.45) is 3.88. The summed E-state index contributed by atoms with van der Waals surface area (Å²) in [7, 11) is 1.63. The zero-order chi connectivity index (χ0) is 22.9. The van der Waals surface area contributed by atoms with E-state index in [1.807, 2.05) is 31.2 Å². The number of amides is 1. The molecule has 0 fully saturated rings. The third-order valence-electron chi connectivity index (χ3n) is 5.81. The lowest BCUT2D eigenvalue weighted by Gasteiger charge is -2.25. The average Bonchev–Trinajstić information content (AvgIpc) is 3.42. The Morgan fingerprint density at radius 1 is 1.18 bits per heavy atom. The van der Waals surface area contributed by atoms with Gasteiger partial charge in [-0.2, -0.15) is 14.3 Å². The molecule has 0 spiro atoms. The lowest BCUT2D eigenvalue weighted by molar-refractivity contribution is -0.116. The number of aromatic nitrogens is 6. The second-order valence-corrected chi connectivity index (χ2v) is 8.00. The number of nitrogens with zero attached hydrogens (tertiary/aromatic N) is 6. The molecule has 1 aliphatic rings. The number of aryl methyl sites for hydroxylation is 1. The SMILES string of the molecule is CCCCOc1ccc(C2CC(=O)Nc3c2c(C)nn3-c2ccc3nncn3n2)cc1OC. The Morgan fingerprint density at radius 2 is 2.06 bits per heavy atom. The number of ether oxygens (including phenoxy) is 2. The van der Waals surface area contributed by atoms with Crippen LogP contribution in [0.25, 0.3) is 11.5 Å². The summed E-state index contributed by atoms with van der Waals surface area (Å²) >= 11 is 0. The maximum absolute atomic E-state index is 12.7. The molecule has 0 saturated heterocycles. The molecule has 1 aliphatic heterocycles. The Kier molecular flexibility index (Phi) is 5.41. The van der Waals surface area contributed by atoms with Crippen LogP contribution < -0.4 is 14.8 Å². The molecular weight excluding hydrogens is 422 g/mol. The van der Waals surface area contributed by atoms with Crippen LogP contribution in [0.15, 0.2) is 36.7 Å². The van der Waals surface area contributed by atoms with Crippen LogP contribution in [0.5, 0.6) is 11.5 Å². The van der Waals surface area contributed by atoms with Crippen LogP contribution in [0, 0.1) is 6.92 Å². The molecular formula is C23H25N7O3. The number of anilines is 1. The molecule has 170 valence electrons. The highest BCUT2D eigenvalue weighted by Crippen LogP contribution is 2.42. The van der Waals surface area contributed by atoms with Crippen LogP contribution in [0.3, 0.4) is 0 Å². The van der Waals surface area contributed by atoms with E-state index in [0.29, 0.717) is 41.8 Å². The summed E-state index contributed by atoms with van der Waals surface area (Å²) in [6, 6.07) is 9.47. The Hall–Kier alpha value is -3.95. The maximum atomic E-state index is 12.7. The van der Waals surface area contributed by atoms with Crippen molar-refractivity contribution in [2.24, 2.45) is 0 Å². The van der Waals surface area contributed by atoms with Gasteiger partial charge in [0.25, 0.3) is 0 Å². The van der Waals surface area contributed by atoms with Gasteiger partial charge in [0.15, 0.2) is 23.0 Å². The molecule has 0 aliphatic carbocycles. The number of carbonyl (C=O) groups excluding carboxylic acids is 1. The molecule has 3 aromatic heterocycles. The number of hydrogen-bond donors (Lipinski definition) is 1. The van der Waals surface area contributed by atoms with Gasteiger partial charge in [0.2, 0.25) is 5.91 Å². The highest BCUT2D eigenvalue weighted by atomic mass is 16.5. The number of rotatable bonds is 7. The quantitative estimate of drug-likeness (QED) is 0.433. The van der Waals surface area contributed by atoms with Gasteiger partial charge < -0.3 is 14.8 Å². The van der Waals surface area contributed by atoms with Crippen molar-refractivity contribution in [3.63, 3.8) is 0 Å². The smallest absolute Gasteiger partial charge is 0.226 e. The van der Waals surface area contributed by atoms with E-state index in [1.54, 1.807) is 22.4 Å². The van der Waals surface area contributed by atoms with Crippen molar-refractivity contribution in [2.45, 2.75) is 39.0 Å². The van der Waals surface area contributed by atoms with Gasteiger partial charge in [0.1, 0.15) is 12.1 Å². The van der Waals surface area contributed by atoms with E-state index in [-0.39, 0.29) is 11.8 Å². The number of methoxy groups -OCH3 is 1. The molecule has 1 amide bonds. The Balaban J connectivity index is 1.55. The average molecular weight is 447 g/mol. The fourth-order valence-electron chi connectivity index (χ4n) is 4.18. The number of hydrogen-bond acceptors (Lipinski definition) is 7. The lowest BCUT2D eigenvalue weighted by Crippen LogP contribution is -2.25. The van der Waals surface area contributed by atoms with Crippen molar-refractivity contribution in [3.8, 4) is 17.3 Å². The van der Waals surface area contributed by atoms with Gasteiger partial charge in [0.05, 0.1) is 19.4 Å².